The third-order valence-corrected chi connectivity index (χ3v) is 2.69. The summed E-state index contributed by atoms with van der Waals surface area (Å²) in [5, 5.41) is 3.14. The van der Waals surface area contributed by atoms with E-state index < -0.39 is 0 Å². The minimum atomic E-state index is 0.843. The van der Waals surface area contributed by atoms with Gasteiger partial charge in [0, 0.05) is 13.1 Å². The van der Waals surface area contributed by atoms with Crippen LogP contribution >= 0.6 is 0 Å². The SMILES string of the molecule is CCCN(CCC)Cc1cccc(CNC)n1. The molecule has 0 fully saturated rings. The lowest BCUT2D eigenvalue weighted by Crippen LogP contribution is -2.25. The first-order chi connectivity index (χ1) is 8.30. The molecule has 1 aromatic rings. The van der Waals surface area contributed by atoms with E-state index in [1.165, 1.54) is 18.5 Å². The number of rotatable bonds is 8. The van der Waals surface area contributed by atoms with Crippen LogP contribution in [0, 0.1) is 0 Å². The normalized spacial score (nSPS) is 11.1. The Morgan fingerprint density at radius 3 is 2.35 bits per heavy atom. The molecule has 1 N–H and O–H groups in total. The Labute approximate surface area is 105 Å². The molecule has 0 bridgehead atoms. The smallest absolute Gasteiger partial charge is 0.0547 e. The highest BCUT2D eigenvalue weighted by atomic mass is 15.1. The van der Waals surface area contributed by atoms with Gasteiger partial charge in [0.25, 0.3) is 0 Å². The summed E-state index contributed by atoms with van der Waals surface area (Å²) < 4.78 is 0. The summed E-state index contributed by atoms with van der Waals surface area (Å²) in [5.41, 5.74) is 2.30. The van der Waals surface area contributed by atoms with Crippen LogP contribution in [0.4, 0.5) is 0 Å². The lowest BCUT2D eigenvalue weighted by molar-refractivity contribution is 0.263. The molecule has 17 heavy (non-hydrogen) atoms. The van der Waals surface area contributed by atoms with Crippen molar-refractivity contribution in [1.29, 1.82) is 0 Å². The van der Waals surface area contributed by atoms with Gasteiger partial charge in [0.05, 0.1) is 11.4 Å². The zero-order valence-electron chi connectivity index (χ0n) is 11.4. The van der Waals surface area contributed by atoms with Crippen molar-refractivity contribution < 1.29 is 0 Å². The molecule has 1 heterocycles. The number of nitrogens with one attached hydrogen (secondary N) is 1. The summed E-state index contributed by atoms with van der Waals surface area (Å²) in [7, 11) is 1.95. The number of nitrogens with zero attached hydrogens (tertiary/aromatic N) is 2. The maximum Gasteiger partial charge on any atom is 0.0547 e. The average molecular weight is 235 g/mol. The van der Waals surface area contributed by atoms with E-state index in [0.717, 1.165) is 31.9 Å². The van der Waals surface area contributed by atoms with Gasteiger partial charge in [0.1, 0.15) is 0 Å². The molecule has 0 radical (unpaired) electrons. The van der Waals surface area contributed by atoms with Crippen LogP contribution in [0.2, 0.25) is 0 Å². The van der Waals surface area contributed by atoms with Crippen LogP contribution in [0.1, 0.15) is 38.1 Å². The van der Waals surface area contributed by atoms with Crippen LogP contribution < -0.4 is 5.32 Å². The molecule has 1 aromatic heterocycles. The van der Waals surface area contributed by atoms with Crippen LogP contribution in [-0.4, -0.2) is 30.0 Å². The fourth-order valence-corrected chi connectivity index (χ4v) is 2.03. The molecule has 0 unspecified atom stereocenters. The number of aromatic nitrogens is 1. The second-order valence-corrected chi connectivity index (χ2v) is 4.43. The van der Waals surface area contributed by atoms with Crippen LogP contribution in [0.3, 0.4) is 0 Å². The van der Waals surface area contributed by atoms with E-state index in [9.17, 15) is 0 Å². The van der Waals surface area contributed by atoms with Crippen molar-refractivity contribution >= 4 is 0 Å². The molecule has 0 aliphatic carbocycles. The summed E-state index contributed by atoms with van der Waals surface area (Å²) in [5.74, 6) is 0. The molecule has 96 valence electrons. The monoisotopic (exact) mass is 235 g/mol. The molecule has 3 nitrogen and oxygen atoms in total. The van der Waals surface area contributed by atoms with E-state index in [-0.39, 0.29) is 0 Å². The summed E-state index contributed by atoms with van der Waals surface area (Å²) in [6, 6.07) is 6.30. The highest BCUT2D eigenvalue weighted by Crippen LogP contribution is 2.05. The zero-order valence-corrected chi connectivity index (χ0v) is 11.4. The first-order valence-corrected chi connectivity index (χ1v) is 6.61. The lowest BCUT2D eigenvalue weighted by atomic mass is 10.2. The van der Waals surface area contributed by atoms with Crippen LogP contribution in [0.15, 0.2) is 18.2 Å². The van der Waals surface area contributed by atoms with Gasteiger partial charge in [-0.15, -0.1) is 0 Å². The first kappa shape index (κ1) is 14.1. The summed E-state index contributed by atoms with van der Waals surface area (Å²) in [6.07, 6.45) is 2.41. The van der Waals surface area contributed by atoms with Gasteiger partial charge in [0.15, 0.2) is 0 Å². The molecule has 0 saturated carbocycles. The zero-order chi connectivity index (χ0) is 12.5. The predicted molar refractivity (Wildman–Crippen MR) is 72.9 cm³/mol. The molecule has 0 aromatic carbocycles. The van der Waals surface area contributed by atoms with Crippen molar-refractivity contribution in [3.05, 3.63) is 29.6 Å². The quantitative estimate of drug-likeness (QED) is 0.750. The van der Waals surface area contributed by atoms with Crippen molar-refractivity contribution in [3.63, 3.8) is 0 Å². The molecule has 0 amide bonds. The Morgan fingerprint density at radius 2 is 1.76 bits per heavy atom. The topological polar surface area (TPSA) is 28.2 Å². The lowest BCUT2D eigenvalue weighted by Gasteiger charge is -2.20. The molecule has 3 heteroatoms. The molecule has 0 aliphatic heterocycles. The average Bonchev–Trinajstić information content (AvgIpc) is 2.30. The van der Waals surface area contributed by atoms with Gasteiger partial charge in [-0.05, 0) is 45.1 Å². The van der Waals surface area contributed by atoms with Gasteiger partial charge >= 0.3 is 0 Å². The maximum absolute atomic E-state index is 4.66. The van der Waals surface area contributed by atoms with Crippen molar-refractivity contribution in [1.82, 2.24) is 15.2 Å². The van der Waals surface area contributed by atoms with E-state index in [0.29, 0.717) is 0 Å². The maximum atomic E-state index is 4.66. The van der Waals surface area contributed by atoms with Crippen molar-refractivity contribution in [2.24, 2.45) is 0 Å². The van der Waals surface area contributed by atoms with Crippen LogP contribution in [-0.2, 0) is 13.1 Å². The van der Waals surface area contributed by atoms with E-state index in [1.54, 1.807) is 0 Å². The Morgan fingerprint density at radius 1 is 1.12 bits per heavy atom. The molecular weight excluding hydrogens is 210 g/mol. The largest absolute Gasteiger partial charge is 0.314 e. The van der Waals surface area contributed by atoms with Gasteiger partial charge in [-0.2, -0.15) is 0 Å². The van der Waals surface area contributed by atoms with Crippen molar-refractivity contribution in [2.45, 2.75) is 39.8 Å². The minimum absolute atomic E-state index is 0.843. The Bertz CT molecular complexity index is 306. The summed E-state index contributed by atoms with van der Waals surface area (Å²) in [6.45, 7) is 8.59. The molecule has 1 rings (SSSR count). The number of pyridine rings is 1. The van der Waals surface area contributed by atoms with E-state index in [1.807, 2.05) is 7.05 Å². The molecule has 0 saturated heterocycles. The highest BCUT2D eigenvalue weighted by Gasteiger charge is 2.05. The number of hydrogen-bond acceptors (Lipinski definition) is 3. The summed E-state index contributed by atoms with van der Waals surface area (Å²) in [4.78, 5) is 7.14. The molecule has 0 aliphatic rings. The summed E-state index contributed by atoms with van der Waals surface area (Å²) >= 11 is 0. The molecule has 0 spiro atoms. The van der Waals surface area contributed by atoms with Gasteiger partial charge in [-0.3, -0.25) is 9.88 Å². The fourth-order valence-electron chi connectivity index (χ4n) is 2.03. The highest BCUT2D eigenvalue weighted by molar-refractivity contribution is 5.11. The Hall–Kier alpha value is -0.930. The van der Waals surface area contributed by atoms with E-state index >= 15 is 0 Å². The van der Waals surface area contributed by atoms with Gasteiger partial charge in [-0.1, -0.05) is 19.9 Å². The van der Waals surface area contributed by atoms with Gasteiger partial charge < -0.3 is 5.32 Å². The number of hydrogen-bond donors (Lipinski definition) is 1. The Balaban J connectivity index is 2.60. The predicted octanol–water partition coefficient (Wildman–Crippen LogP) is 2.42. The van der Waals surface area contributed by atoms with Gasteiger partial charge in [-0.25, -0.2) is 0 Å². The molecule has 0 atom stereocenters. The van der Waals surface area contributed by atoms with Crippen LogP contribution in [0.25, 0.3) is 0 Å². The third-order valence-electron chi connectivity index (χ3n) is 2.69. The minimum Gasteiger partial charge on any atom is -0.314 e. The molecular formula is C14H25N3. The van der Waals surface area contributed by atoms with E-state index in [4.69, 9.17) is 0 Å². The second kappa shape index (κ2) is 8.20. The van der Waals surface area contributed by atoms with E-state index in [2.05, 4.69) is 47.2 Å². The second-order valence-electron chi connectivity index (χ2n) is 4.43. The van der Waals surface area contributed by atoms with Crippen molar-refractivity contribution in [3.8, 4) is 0 Å². The van der Waals surface area contributed by atoms with Crippen LogP contribution in [0.5, 0.6) is 0 Å². The fraction of sp³-hybridized carbons (Fsp3) is 0.643. The third kappa shape index (κ3) is 5.29. The first-order valence-electron chi connectivity index (χ1n) is 6.61. The van der Waals surface area contributed by atoms with Gasteiger partial charge in [0.2, 0.25) is 0 Å². The van der Waals surface area contributed by atoms with Crippen molar-refractivity contribution in [2.75, 3.05) is 20.1 Å². The Kier molecular flexibility index (Phi) is 6.82. The standard InChI is InChI=1S/C14H25N3/c1-4-9-17(10-5-2)12-14-8-6-7-13(16-14)11-15-3/h6-8,15H,4-5,9-12H2,1-3H3.